The van der Waals surface area contributed by atoms with Gasteiger partial charge in [0.15, 0.2) is 0 Å². The predicted octanol–water partition coefficient (Wildman–Crippen LogP) is 5.27. The van der Waals surface area contributed by atoms with E-state index in [0.29, 0.717) is 10.8 Å². The van der Waals surface area contributed by atoms with Gasteiger partial charge in [-0.05, 0) is 105 Å². The number of carbonyl (C=O) groups excluding carboxylic acids is 1. The van der Waals surface area contributed by atoms with E-state index in [4.69, 9.17) is 4.74 Å². The maximum atomic E-state index is 11.4. The number of hydrogen-bond acceptors (Lipinski definition) is 3. The molecular weight excluding hydrogens is 336 g/mol. The molecule has 0 radical (unpaired) electrons. The van der Waals surface area contributed by atoms with Crippen LogP contribution >= 0.6 is 0 Å². The lowest BCUT2D eigenvalue weighted by molar-refractivity contribution is -0.158. The van der Waals surface area contributed by atoms with Crippen molar-refractivity contribution < 1.29 is 14.6 Å². The number of esters is 1. The van der Waals surface area contributed by atoms with Gasteiger partial charge in [0.05, 0.1) is 6.61 Å². The standard InChI is InChI=1S/C24H38O3/c1-15(14-25)20-7-8-21-19-6-5-17-13-18(27-16(2)26)9-11-23(17,3)22(19)10-12-24(20,21)4/h17-19,21-22,25H,5-14H2,1-4H3. The van der Waals surface area contributed by atoms with Crippen molar-refractivity contribution in [1.82, 2.24) is 0 Å². The van der Waals surface area contributed by atoms with Crippen molar-refractivity contribution in [1.29, 1.82) is 0 Å². The zero-order chi connectivity index (χ0) is 19.4. The lowest BCUT2D eigenvalue weighted by Gasteiger charge is -2.60. The number of aliphatic hydroxyl groups excluding tert-OH is 1. The second-order valence-electron chi connectivity index (χ2n) is 10.6. The van der Waals surface area contributed by atoms with Crippen LogP contribution in [0.2, 0.25) is 0 Å². The van der Waals surface area contributed by atoms with Gasteiger partial charge in [-0.25, -0.2) is 0 Å². The third-order valence-corrected chi connectivity index (χ3v) is 9.49. The Morgan fingerprint density at radius 1 is 1.07 bits per heavy atom. The quantitative estimate of drug-likeness (QED) is 0.529. The van der Waals surface area contributed by atoms with Crippen molar-refractivity contribution in [3.8, 4) is 0 Å². The first-order chi connectivity index (χ1) is 12.8. The van der Waals surface area contributed by atoms with Gasteiger partial charge in [-0.1, -0.05) is 19.4 Å². The summed E-state index contributed by atoms with van der Waals surface area (Å²) in [5.74, 6) is 3.09. The van der Waals surface area contributed by atoms with Crippen molar-refractivity contribution in [2.24, 2.45) is 34.5 Å². The van der Waals surface area contributed by atoms with Gasteiger partial charge in [-0.3, -0.25) is 4.79 Å². The third-order valence-electron chi connectivity index (χ3n) is 9.49. The van der Waals surface area contributed by atoms with E-state index in [1.807, 2.05) is 0 Å². The number of hydrogen-bond donors (Lipinski definition) is 1. The second kappa shape index (κ2) is 6.90. The number of carbonyl (C=O) groups is 1. The molecule has 0 saturated heterocycles. The van der Waals surface area contributed by atoms with E-state index in [1.165, 1.54) is 50.5 Å². The van der Waals surface area contributed by atoms with Crippen molar-refractivity contribution in [2.75, 3.05) is 6.61 Å². The molecule has 4 saturated carbocycles. The molecule has 152 valence electrons. The Balaban J connectivity index is 1.55. The van der Waals surface area contributed by atoms with E-state index >= 15 is 0 Å². The molecule has 0 spiro atoms. The van der Waals surface area contributed by atoms with Gasteiger partial charge >= 0.3 is 5.97 Å². The molecule has 4 aliphatic carbocycles. The molecule has 7 atom stereocenters. The fourth-order valence-corrected chi connectivity index (χ4v) is 8.17. The van der Waals surface area contributed by atoms with Crippen LogP contribution in [0.3, 0.4) is 0 Å². The minimum absolute atomic E-state index is 0.116. The van der Waals surface area contributed by atoms with Crippen LogP contribution in [0.5, 0.6) is 0 Å². The number of fused-ring (bicyclic) bond motifs is 5. The highest BCUT2D eigenvalue weighted by Crippen LogP contribution is 2.67. The summed E-state index contributed by atoms with van der Waals surface area (Å²) >= 11 is 0. The van der Waals surface area contributed by atoms with Crippen LogP contribution in [-0.2, 0) is 9.53 Å². The van der Waals surface area contributed by atoms with Gasteiger partial charge in [-0.2, -0.15) is 0 Å². The average Bonchev–Trinajstić information content (AvgIpc) is 2.98. The van der Waals surface area contributed by atoms with Crippen molar-refractivity contribution in [3.05, 3.63) is 11.1 Å². The van der Waals surface area contributed by atoms with Crippen molar-refractivity contribution >= 4 is 5.97 Å². The van der Waals surface area contributed by atoms with Gasteiger partial charge in [0, 0.05) is 6.92 Å². The largest absolute Gasteiger partial charge is 0.463 e. The van der Waals surface area contributed by atoms with Crippen molar-refractivity contribution in [2.45, 2.75) is 91.6 Å². The Morgan fingerprint density at radius 2 is 1.85 bits per heavy atom. The van der Waals surface area contributed by atoms with Crippen LogP contribution in [-0.4, -0.2) is 23.8 Å². The number of aliphatic hydroxyl groups is 1. The molecule has 0 heterocycles. The minimum atomic E-state index is -0.116. The molecule has 4 aliphatic rings. The van der Waals surface area contributed by atoms with Crippen LogP contribution in [0.1, 0.15) is 85.5 Å². The minimum Gasteiger partial charge on any atom is -0.463 e. The van der Waals surface area contributed by atoms with Gasteiger partial charge in [-0.15, -0.1) is 0 Å². The van der Waals surface area contributed by atoms with E-state index in [2.05, 4.69) is 20.8 Å². The highest BCUT2D eigenvalue weighted by molar-refractivity contribution is 5.66. The van der Waals surface area contributed by atoms with Crippen molar-refractivity contribution in [3.63, 3.8) is 0 Å². The smallest absolute Gasteiger partial charge is 0.302 e. The first-order valence-electron chi connectivity index (χ1n) is 11.3. The van der Waals surface area contributed by atoms with E-state index in [-0.39, 0.29) is 18.7 Å². The van der Waals surface area contributed by atoms with Crippen LogP contribution < -0.4 is 0 Å². The first-order valence-corrected chi connectivity index (χ1v) is 11.3. The predicted molar refractivity (Wildman–Crippen MR) is 107 cm³/mol. The zero-order valence-electron chi connectivity index (χ0n) is 17.7. The number of allylic oxidation sites excluding steroid dienone is 1. The summed E-state index contributed by atoms with van der Waals surface area (Å²) in [4.78, 5) is 11.4. The summed E-state index contributed by atoms with van der Waals surface area (Å²) in [6, 6.07) is 0. The van der Waals surface area contributed by atoms with E-state index in [9.17, 15) is 9.90 Å². The van der Waals surface area contributed by atoms with Crippen LogP contribution in [0.15, 0.2) is 11.1 Å². The summed E-state index contributed by atoms with van der Waals surface area (Å²) in [5.41, 5.74) is 3.57. The Hall–Kier alpha value is -0.830. The SMILES string of the molecule is CC(=O)OC1CCC2(C)C(CCC3C4CCC(=C(C)CO)C4(C)CCC32)C1. The molecule has 4 rings (SSSR count). The Bertz CT molecular complexity index is 638. The third kappa shape index (κ3) is 2.99. The van der Waals surface area contributed by atoms with E-state index in [0.717, 1.165) is 36.5 Å². The summed E-state index contributed by atoms with van der Waals surface area (Å²) in [6.07, 6.45) is 11.3. The van der Waals surface area contributed by atoms with E-state index in [1.54, 1.807) is 12.5 Å². The molecule has 27 heavy (non-hydrogen) atoms. The Morgan fingerprint density at radius 3 is 2.56 bits per heavy atom. The molecule has 1 N–H and O–H groups in total. The summed E-state index contributed by atoms with van der Waals surface area (Å²) in [6.45, 7) is 8.98. The Kier molecular flexibility index (Phi) is 4.98. The van der Waals surface area contributed by atoms with Gasteiger partial charge in [0.1, 0.15) is 6.10 Å². The average molecular weight is 375 g/mol. The van der Waals surface area contributed by atoms with E-state index < -0.39 is 0 Å². The molecule has 0 amide bonds. The van der Waals surface area contributed by atoms with Gasteiger partial charge < -0.3 is 9.84 Å². The second-order valence-corrected chi connectivity index (χ2v) is 10.6. The molecule has 0 aromatic carbocycles. The molecule has 3 nitrogen and oxygen atoms in total. The molecule has 0 aromatic heterocycles. The maximum Gasteiger partial charge on any atom is 0.302 e. The Labute approximate surface area is 164 Å². The maximum absolute atomic E-state index is 11.4. The lowest BCUT2D eigenvalue weighted by Crippen LogP contribution is -2.53. The zero-order valence-corrected chi connectivity index (χ0v) is 17.7. The fourth-order valence-electron chi connectivity index (χ4n) is 8.17. The number of ether oxygens (including phenoxy) is 1. The topological polar surface area (TPSA) is 46.5 Å². The normalized spacial score (nSPS) is 48.3. The molecular formula is C24H38O3. The van der Waals surface area contributed by atoms with Crippen LogP contribution in [0.25, 0.3) is 0 Å². The molecule has 0 bridgehead atoms. The molecule has 4 fully saturated rings. The first kappa shape index (κ1) is 19.5. The summed E-state index contributed by atoms with van der Waals surface area (Å²) in [5, 5.41) is 9.72. The summed E-state index contributed by atoms with van der Waals surface area (Å²) < 4.78 is 5.59. The highest BCUT2D eigenvalue weighted by atomic mass is 16.5. The monoisotopic (exact) mass is 374 g/mol. The van der Waals surface area contributed by atoms with Crippen LogP contribution in [0, 0.1) is 34.5 Å². The van der Waals surface area contributed by atoms with Gasteiger partial charge in [0.2, 0.25) is 0 Å². The molecule has 7 unspecified atom stereocenters. The molecule has 0 aromatic rings. The summed E-state index contributed by atoms with van der Waals surface area (Å²) in [7, 11) is 0. The van der Waals surface area contributed by atoms with Crippen LogP contribution in [0.4, 0.5) is 0 Å². The fraction of sp³-hybridized carbons (Fsp3) is 0.875. The van der Waals surface area contributed by atoms with Gasteiger partial charge in [0.25, 0.3) is 0 Å². The highest BCUT2D eigenvalue weighted by Gasteiger charge is 2.59. The lowest BCUT2D eigenvalue weighted by atomic mass is 9.45. The number of rotatable bonds is 2. The molecule has 3 heteroatoms. The molecule has 0 aliphatic heterocycles.